The molecule has 1 aromatic rings. The van der Waals surface area contributed by atoms with Crippen LogP contribution in [0.3, 0.4) is 0 Å². The first-order valence-corrected chi connectivity index (χ1v) is 3.05. The Labute approximate surface area is 64.7 Å². The maximum absolute atomic E-state index is 8.19. The third-order valence-corrected chi connectivity index (χ3v) is 0.834. The van der Waals surface area contributed by atoms with Gasteiger partial charge in [0, 0.05) is 19.5 Å². The Balaban J connectivity index is 0.000000183. The minimum atomic E-state index is -1.01. The third kappa shape index (κ3) is 6.98. The molecule has 1 aromatic heterocycles. The van der Waals surface area contributed by atoms with E-state index in [-0.39, 0.29) is 6.61 Å². The highest BCUT2D eigenvalue weighted by Crippen LogP contribution is 1.75. The summed E-state index contributed by atoms with van der Waals surface area (Å²) in [4.78, 5) is 6.42. The molecule has 0 saturated heterocycles. The highest BCUT2D eigenvalue weighted by molar-refractivity contribution is 4.64. The van der Waals surface area contributed by atoms with Crippen molar-refractivity contribution in [3.63, 3.8) is 0 Å². The third-order valence-electron chi connectivity index (χ3n) is 0.834. The summed E-state index contributed by atoms with van der Waals surface area (Å²) in [5, 5.41) is 16.2. The molecule has 0 radical (unpaired) electrons. The van der Waals surface area contributed by atoms with Crippen molar-refractivity contribution < 1.29 is 14.9 Å². The van der Waals surface area contributed by atoms with Crippen molar-refractivity contribution in [1.82, 2.24) is 9.97 Å². The number of nitrogens with one attached hydrogen (secondary N) is 1. The quantitative estimate of drug-likeness (QED) is 0.502. The van der Waals surface area contributed by atoms with Crippen LogP contribution in [0.1, 0.15) is 0 Å². The minimum absolute atomic E-state index is 0.337. The van der Waals surface area contributed by atoms with Gasteiger partial charge in [-0.2, -0.15) is 0 Å². The van der Waals surface area contributed by atoms with E-state index >= 15 is 0 Å². The van der Waals surface area contributed by atoms with Gasteiger partial charge in [0.05, 0.1) is 12.9 Å². The second-order valence-electron chi connectivity index (χ2n) is 1.63. The largest absolute Gasteiger partial charge is 0.391 e. The number of ether oxygens (including phenoxy) is 1. The molecular weight excluding hydrogens is 148 g/mol. The highest BCUT2D eigenvalue weighted by atomic mass is 16.6. The van der Waals surface area contributed by atoms with Crippen molar-refractivity contribution in [2.75, 3.05) is 13.7 Å². The molecule has 0 aliphatic carbocycles. The number of hydrogen-bond donors (Lipinski definition) is 3. The van der Waals surface area contributed by atoms with Crippen molar-refractivity contribution in [2.24, 2.45) is 0 Å². The summed E-state index contributed by atoms with van der Waals surface area (Å²) in [6.07, 6.45) is 4.07. The first-order chi connectivity index (χ1) is 5.31. The van der Waals surface area contributed by atoms with Crippen molar-refractivity contribution in [1.29, 1.82) is 0 Å². The van der Waals surface area contributed by atoms with Crippen LogP contribution in [0.5, 0.6) is 0 Å². The van der Waals surface area contributed by atoms with Gasteiger partial charge in [-0.05, 0) is 0 Å². The molecule has 1 rings (SSSR count). The van der Waals surface area contributed by atoms with E-state index in [1.54, 1.807) is 18.7 Å². The number of aromatic amines is 1. The lowest BCUT2D eigenvalue weighted by atomic mass is 10.7. The number of nitrogens with zero attached hydrogens (tertiary/aromatic N) is 1. The van der Waals surface area contributed by atoms with Crippen LogP contribution in [0.4, 0.5) is 0 Å². The van der Waals surface area contributed by atoms with E-state index in [2.05, 4.69) is 14.7 Å². The van der Waals surface area contributed by atoms with Crippen LogP contribution >= 0.6 is 0 Å². The summed E-state index contributed by atoms with van der Waals surface area (Å²) in [7, 11) is 1.32. The normalized spacial score (nSPS) is 11.5. The number of hydrogen-bond acceptors (Lipinski definition) is 4. The Bertz CT molecular complexity index is 122. The smallest absolute Gasteiger partial charge is 0.177 e. The van der Waals surface area contributed by atoms with E-state index in [4.69, 9.17) is 10.2 Å². The number of aliphatic hydroxyl groups is 2. The van der Waals surface area contributed by atoms with Gasteiger partial charge < -0.3 is 19.9 Å². The van der Waals surface area contributed by atoms with E-state index < -0.39 is 6.29 Å². The van der Waals surface area contributed by atoms with Gasteiger partial charge in [0.2, 0.25) is 0 Å². The molecule has 3 N–H and O–H groups in total. The predicted molar refractivity (Wildman–Crippen MR) is 38.7 cm³/mol. The second-order valence-corrected chi connectivity index (χ2v) is 1.63. The lowest BCUT2D eigenvalue weighted by Crippen LogP contribution is -2.12. The number of aliphatic hydroxyl groups excluding tert-OH is 2. The SMILES string of the molecule is COC(O)CO.c1c[nH]cn1. The van der Waals surface area contributed by atoms with Gasteiger partial charge in [-0.25, -0.2) is 4.98 Å². The number of rotatable bonds is 2. The number of aromatic nitrogens is 2. The topological polar surface area (TPSA) is 78.4 Å². The fourth-order valence-corrected chi connectivity index (χ4v) is 0.290. The molecule has 1 heterocycles. The van der Waals surface area contributed by atoms with Crippen LogP contribution in [0.2, 0.25) is 0 Å². The molecule has 0 aromatic carbocycles. The van der Waals surface area contributed by atoms with E-state index in [0.717, 1.165) is 0 Å². The van der Waals surface area contributed by atoms with Crippen LogP contribution in [-0.2, 0) is 4.74 Å². The number of methoxy groups -OCH3 is 1. The van der Waals surface area contributed by atoms with Crippen LogP contribution in [0.15, 0.2) is 18.7 Å². The van der Waals surface area contributed by atoms with Crippen LogP contribution < -0.4 is 0 Å². The molecule has 1 atom stereocenters. The van der Waals surface area contributed by atoms with Crippen LogP contribution in [0, 0.1) is 0 Å². The monoisotopic (exact) mass is 160 g/mol. The fourth-order valence-electron chi connectivity index (χ4n) is 0.290. The Kier molecular flexibility index (Phi) is 6.60. The standard InChI is InChI=1S/C3H4N2.C3H8O3/c1-2-5-3-4-1;1-6-3(5)2-4/h1-3H,(H,4,5);3-5H,2H2,1H3. The van der Waals surface area contributed by atoms with E-state index in [9.17, 15) is 0 Å². The molecule has 0 saturated carbocycles. The maximum atomic E-state index is 8.19. The summed E-state index contributed by atoms with van der Waals surface area (Å²) in [5.41, 5.74) is 0. The van der Waals surface area contributed by atoms with Crippen molar-refractivity contribution in [2.45, 2.75) is 6.29 Å². The van der Waals surface area contributed by atoms with Crippen molar-refractivity contribution in [3.05, 3.63) is 18.7 Å². The fraction of sp³-hybridized carbons (Fsp3) is 0.500. The Morgan fingerprint density at radius 3 is 2.55 bits per heavy atom. The van der Waals surface area contributed by atoms with E-state index in [1.165, 1.54) is 7.11 Å². The average Bonchev–Trinajstić information content (AvgIpc) is 2.60. The summed E-state index contributed by atoms with van der Waals surface area (Å²) in [6.45, 7) is -0.337. The summed E-state index contributed by atoms with van der Waals surface area (Å²) in [5.74, 6) is 0. The summed E-state index contributed by atoms with van der Waals surface area (Å²) >= 11 is 0. The second kappa shape index (κ2) is 7.20. The summed E-state index contributed by atoms with van der Waals surface area (Å²) < 4.78 is 4.20. The first kappa shape index (κ1) is 10.1. The molecule has 0 amide bonds. The van der Waals surface area contributed by atoms with Gasteiger partial charge in [0.15, 0.2) is 6.29 Å². The molecule has 1 unspecified atom stereocenters. The maximum Gasteiger partial charge on any atom is 0.177 e. The van der Waals surface area contributed by atoms with Crippen LogP contribution in [0.25, 0.3) is 0 Å². The highest BCUT2D eigenvalue weighted by Gasteiger charge is 1.92. The number of H-pyrrole nitrogens is 1. The van der Waals surface area contributed by atoms with Crippen LogP contribution in [-0.4, -0.2) is 40.2 Å². The molecule has 0 fully saturated rings. The molecule has 0 aliphatic heterocycles. The average molecular weight is 160 g/mol. The molecule has 0 spiro atoms. The molecule has 5 nitrogen and oxygen atoms in total. The zero-order valence-electron chi connectivity index (χ0n) is 6.27. The lowest BCUT2D eigenvalue weighted by molar-refractivity contribution is -0.102. The van der Waals surface area contributed by atoms with E-state index in [1.807, 2.05) is 0 Å². The summed E-state index contributed by atoms with van der Waals surface area (Å²) in [6, 6.07) is 0. The van der Waals surface area contributed by atoms with Gasteiger partial charge in [0.1, 0.15) is 0 Å². The molecule has 5 heteroatoms. The predicted octanol–water partition coefficient (Wildman–Crippen LogP) is -0.647. The van der Waals surface area contributed by atoms with Gasteiger partial charge in [-0.1, -0.05) is 0 Å². The zero-order chi connectivity index (χ0) is 8.53. The molecule has 64 valence electrons. The van der Waals surface area contributed by atoms with E-state index in [0.29, 0.717) is 0 Å². The molecular formula is C6H12N2O3. The first-order valence-electron chi connectivity index (χ1n) is 3.05. The lowest BCUT2D eigenvalue weighted by Gasteiger charge is -1.99. The van der Waals surface area contributed by atoms with Crippen molar-refractivity contribution in [3.8, 4) is 0 Å². The Morgan fingerprint density at radius 1 is 1.73 bits per heavy atom. The Morgan fingerprint density at radius 2 is 2.45 bits per heavy atom. The molecule has 0 bridgehead atoms. The molecule has 0 aliphatic rings. The molecule has 11 heavy (non-hydrogen) atoms. The Hall–Kier alpha value is -0.910. The van der Waals surface area contributed by atoms with Crippen molar-refractivity contribution >= 4 is 0 Å². The van der Waals surface area contributed by atoms with Gasteiger partial charge in [-0.15, -0.1) is 0 Å². The zero-order valence-corrected chi connectivity index (χ0v) is 6.27. The van der Waals surface area contributed by atoms with Gasteiger partial charge >= 0.3 is 0 Å². The minimum Gasteiger partial charge on any atom is -0.391 e. The number of imidazole rings is 1. The van der Waals surface area contributed by atoms with Gasteiger partial charge in [-0.3, -0.25) is 0 Å². The van der Waals surface area contributed by atoms with Gasteiger partial charge in [0.25, 0.3) is 0 Å².